The molecular weight excluding hydrogens is 378 g/mol. The fraction of sp³-hybridized carbons (Fsp3) is 0.300. The summed E-state index contributed by atoms with van der Waals surface area (Å²) in [7, 11) is 0. The highest BCUT2D eigenvalue weighted by molar-refractivity contribution is 7.98. The highest BCUT2D eigenvalue weighted by atomic mass is 32.2. The zero-order chi connectivity index (χ0) is 20.4. The first-order valence-electron chi connectivity index (χ1n) is 8.73. The summed E-state index contributed by atoms with van der Waals surface area (Å²) in [5.74, 6) is -0.460. The van der Waals surface area contributed by atoms with Crippen molar-refractivity contribution < 1.29 is 19.1 Å². The quantitative estimate of drug-likeness (QED) is 0.627. The molecule has 7 nitrogen and oxygen atoms in total. The number of ether oxygens (including phenoxy) is 1. The van der Waals surface area contributed by atoms with Crippen LogP contribution in [0.2, 0.25) is 0 Å². The van der Waals surface area contributed by atoms with Crippen molar-refractivity contribution in [1.82, 2.24) is 10.3 Å². The molecule has 1 aromatic carbocycles. The van der Waals surface area contributed by atoms with Crippen LogP contribution >= 0.6 is 11.8 Å². The van der Waals surface area contributed by atoms with Gasteiger partial charge in [0.1, 0.15) is 11.9 Å². The maximum absolute atomic E-state index is 12.4. The predicted octanol–water partition coefficient (Wildman–Crippen LogP) is 2.42. The van der Waals surface area contributed by atoms with Crippen LogP contribution in [0.5, 0.6) is 0 Å². The van der Waals surface area contributed by atoms with E-state index in [0.29, 0.717) is 23.6 Å². The van der Waals surface area contributed by atoms with Gasteiger partial charge in [0.2, 0.25) is 0 Å². The molecule has 1 heterocycles. The van der Waals surface area contributed by atoms with E-state index in [4.69, 9.17) is 4.74 Å². The van der Waals surface area contributed by atoms with Gasteiger partial charge in [-0.15, -0.1) is 0 Å². The molecule has 0 aliphatic heterocycles. The third-order valence-corrected chi connectivity index (χ3v) is 4.41. The highest BCUT2D eigenvalue weighted by Gasteiger charge is 2.23. The van der Waals surface area contributed by atoms with Crippen molar-refractivity contribution in [2.75, 3.05) is 23.9 Å². The second kappa shape index (κ2) is 11.1. The molecule has 1 unspecified atom stereocenters. The number of carbonyl (C=O) groups excluding carboxylic acids is 3. The fourth-order valence-corrected chi connectivity index (χ4v) is 2.81. The van der Waals surface area contributed by atoms with Crippen LogP contribution in [-0.4, -0.2) is 47.4 Å². The number of hydrogen-bond acceptors (Lipinski definition) is 6. The molecule has 2 amide bonds. The van der Waals surface area contributed by atoms with Crippen molar-refractivity contribution in [3.63, 3.8) is 0 Å². The number of amides is 2. The lowest BCUT2D eigenvalue weighted by Crippen LogP contribution is -2.43. The Labute approximate surface area is 168 Å². The molecule has 0 aliphatic carbocycles. The summed E-state index contributed by atoms with van der Waals surface area (Å²) >= 11 is 1.55. The first-order chi connectivity index (χ1) is 13.5. The Morgan fingerprint density at radius 3 is 2.61 bits per heavy atom. The topological polar surface area (TPSA) is 97.4 Å². The maximum atomic E-state index is 12.4. The van der Waals surface area contributed by atoms with Crippen LogP contribution in [0.3, 0.4) is 0 Å². The van der Waals surface area contributed by atoms with Crippen molar-refractivity contribution in [2.45, 2.75) is 19.4 Å². The van der Waals surface area contributed by atoms with Crippen LogP contribution in [0.1, 0.15) is 22.3 Å². The van der Waals surface area contributed by atoms with E-state index in [9.17, 15) is 14.4 Å². The molecule has 1 aromatic heterocycles. The van der Waals surface area contributed by atoms with Gasteiger partial charge in [-0.25, -0.2) is 9.78 Å². The molecule has 0 spiro atoms. The van der Waals surface area contributed by atoms with Crippen LogP contribution in [0.4, 0.5) is 5.82 Å². The number of benzene rings is 1. The smallest absolute Gasteiger partial charge is 0.329 e. The normalized spacial score (nSPS) is 11.4. The highest BCUT2D eigenvalue weighted by Crippen LogP contribution is 2.07. The molecule has 2 rings (SSSR count). The molecule has 0 saturated heterocycles. The second-order valence-electron chi connectivity index (χ2n) is 6.05. The van der Waals surface area contributed by atoms with E-state index in [2.05, 4.69) is 15.6 Å². The number of thioether (sulfide) groups is 1. The van der Waals surface area contributed by atoms with Crippen molar-refractivity contribution in [1.29, 1.82) is 0 Å². The molecule has 0 aliphatic rings. The first kappa shape index (κ1) is 21.4. The van der Waals surface area contributed by atoms with E-state index >= 15 is 0 Å². The predicted molar refractivity (Wildman–Crippen MR) is 109 cm³/mol. The number of anilines is 1. The van der Waals surface area contributed by atoms with E-state index in [-0.39, 0.29) is 5.91 Å². The van der Waals surface area contributed by atoms with Gasteiger partial charge in [0.25, 0.3) is 11.8 Å². The van der Waals surface area contributed by atoms with Gasteiger partial charge in [-0.1, -0.05) is 18.2 Å². The Bertz CT molecular complexity index is 814. The van der Waals surface area contributed by atoms with Crippen molar-refractivity contribution >= 4 is 35.4 Å². The van der Waals surface area contributed by atoms with E-state index in [1.165, 1.54) is 0 Å². The van der Waals surface area contributed by atoms with Crippen LogP contribution in [-0.2, 0) is 14.3 Å². The summed E-state index contributed by atoms with van der Waals surface area (Å²) in [6, 6.07) is 11.3. The Hall–Kier alpha value is -2.87. The SMILES string of the molecule is CSCCC(NC(=O)c1ccccc1)C(=O)OCC(=O)Nc1cc(C)ccn1. The van der Waals surface area contributed by atoms with Gasteiger partial charge in [-0.3, -0.25) is 9.59 Å². The third-order valence-electron chi connectivity index (χ3n) is 3.76. The number of nitrogens with one attached hydrogen (secondary N) is 2. The zero-order valence-electron chi connectivity index (χ0n) is 15.8. The number of nitrogens with zero attached hydrogens (tertiary/aromatic N) is 1. The van der Waals surface area contributed by atoms with Gasteiger partial charge >= 0.3 is 5.97 Å². The van der Waals surface area contributed by atoms with Gasteiger partial charge in [0.15, 0.2) is 6.61 Å². The Kier molecular flexibility index (Phi) is 8.48. The molecular formula is C20H23N3O4S. The maximum Gasteiger partial charge on any atom is 0.329 e. The number of esters is 1. The van der Waals surface area contributed by atoms with Crippen LogP contribution in [0, 0.1) is 6.92 Å². The molecule has 1 atom stereocenters. The van der Waals surface area contributed by atoms with E-state index < -0.39 is 24.5 Å². The molecule has 0 saturated carbocycles. The largest absolute Gasteiger partial charge is 0.454 e. The van der Waals surface area contributed by atoms with Gasteiger partial charge in [-0.2, -0.15) is 11.8 Å². The lowest BCUT2D eigenvalue weighted by atomic mass is 10.1. The minimum Gasteiger partial charge on any atom is -0.454 e. The average molecular weight is 401 g/mol. The minimum absolute atomic E-state index is 0.364. The van der Waals surface area contributed by atoms with Crippen LogP contribution in [0.25, 0.3) is 0 Å². The average Bonchev–Trinajstić information content (AvgIpc) is 2.69. The lowest BCUT2D eigenvalue weighted by molar-refractivity contribution is -0.149. The number of rotatable bonds is 9. The summed E-state index contributed by atoms with van der Waals surface area (Å²) in [5.41, 5.74) is 1.40. The number of aromatic nitrogens is 1. The molecule has 2 N–H and O–H groups in total. The van der Waals surface area contributed by atoms with Gasteiger partial charge in [0, 0.05) is 11.8 Å². The van der Waals surface area contributed by atoms with E-state index in [0.717, 1.165) is 5.56 Å². The molecule has 0 radical (unpaired) electrons. The standard InChI is InChI=1S/C20H23N3O4S/c1-14-8-10-21-17(12-14)23-18(24)13-27-20(26)16(9-11-28-2)22-19(25)15-6-4-3-5-7-15/h3-8,10,12,16H,9,11,13H2,1-2H3,(H,22,25)(H,21,23,24). The fourth-order valence-electron chi connectivity index (χ4n) is 2.34. The number of aryl methyl sites for hydroxylation is 1. The summed E-state index contributed by atoms with van der Waals surface area (Å²) < 4.78 is 5.10. The summed E-state index contributed by atoms with van der Waals surface area (Å²) in [4.78, 5) is 40.7. The first-order valence-corrected chi connectivity index (χ1v) is 10.1. The Morgan fingerprint density at radius 1 is 1.18 bits per heavy atom. The molecule has 0 fully saturated rings. The summed E-state index contributed by atoms with van der Waals surface area (Å²) in [5, 5.41) is 5.25. The van der Waals surface area contributed by atoms with Crippen LogP contribution in [0.15, 0.2) is 48.7 Å². The van der Waals surface area contributed by atoms with Crippen LogP contribution < -0.4 is 10.6 Å². The summed E-state index contributed by atoms with van der Waals surface area (Å²) in [6.45, 7) is 1.43. The number of pyridine rings is 1. The van der Waals surface area contributed by atoms with Crippen molar-refractivity contribution in [2.24, 2.45) is 0 Å². The zero-order valence-corrected chi connectivity index (χ0v) is 16.6. The molecule has 28 heavy (non-hydrogen) atoms. The second-order valence-corrected chi connectivity index (χ2v) is 7.03. The molecule has 2 aromatic rings. The Morgan fingerprint density at radius 2 is 1.93 bits per heavy atom. The van der Waals surface area contributed by atoms with Crippen molar-refractivity contribution in [3.05, 3.63) is 59.8 Å². The number of hydrogen-bond donors (Lipinski definition) is 2. The summed E-state index contributed by atoms with van der Waals surface area (Å²) in [6.07, 6.45) is 3.89. The Balaban J connectivity index is 1.90. The van der Waals surface area contributed by atoms with Gasteiger partial charge < -0.3 is 15.4 Å². The van der Waals surface area contributed by atoms with Gasteiger partial charge in [0.05, 0.1) is 0 Å². The number of carbonyl (C=O) groups is 3. The molecule has 8 heteroatoms. The minimum atomic E-state index is -0.829. The third kappa shape index (κ3) is 7.03. The van der Waals surface area contributed by atoms with E-state index in [1.807, 2.05) is 13.2 Å². The van der Waals surface area contributed by atoms with Crippen molar-refractivity contribution in [3.8, 4) is 0 Å². The lowest BCUT2D eigenvalue weighted by Gasteiger charge is -2.17. The molecule has 0 bridgehead atoms. The van der Waals surface area contributed by atoms with Gasteiger partial charge in [-0.05, 0) is 55.2 Å². The van der Waals surface area contributed by atoms with E-state index in [1.54, 1.807) is 60.4 Å². The molecule has 148 valence electrons. The monoisotopic (exact) mass is 401 g/mol.